The van der Waals surface area contributed by atoms with Gasteiger partial charge in [-0.1, -0.05) is 33.8 Å². The van der Waals surface area contributed by atoms with Crippen molar-refractivity contribution in [3.8, 4) is 17.1 Å². The zero-order valence-electron chi connectivity index (χ0n) is 30.0. The van der Waals surface area contributed by atoms with Crippen molar-refractivity contribution in [2.24, 2.45) is 5.92 Å². The van der Waals surface area contributed by atoms with Crippen LogP contribution in [0.2, 0.25) is 18.1 Å². The first-order valence-electron chi connectivity index (χ1n) is 17.0. The average Bonchev–Trinajstić information content (AvgIpc) is 3.46. The van der Waals surface area contributed by atoms with Crippen LogP contribution in [0.25, 0.3) is 11.3 Å². The molecule has 1 fully saturated rings. The van der Waals surface area contributed by atoms with Gasteiger partial charge in [0.1, 0.15) is 28.7 Å². The van der Waals surface area contributed by atoms with E-state index < -0.39 is 43.0 Å². The second-order valence-corrected chi connectivity index (χ2v) is 20.5. The highest BCUT2D eigenvalue weighted by Crippen LogP contribution is 2.42. The highest BCUT2D eigenvalue weighted by Gasteiger charge is 2.46. The zero-order valence-corrected chi connectivity index (χ0v) is 31.0. The number of fused-ring (bicyclic) bond motifs is 1. The summed E-state index contributed by atoms with van der Waals surface area (Å²) in [4.78, 5) is 24.4. The van der Waals surface area contributed by atoms with Gasteiger partial charge in [-0.05, 0) is 81.6 Å². The first-order chi connectivity index (χ1) is 22.8. The number of aryl methyl sites for hydroxylation is 2. The van der Waals surface area contributed by atoms with Crippen molar-refractivity contribution in [2.75, 3.05) is 24.6 Å². The highest BCUT2D eigenvalue weighted by atomic mass is 28.4. The Morgan fingerprint density at radius 3 is 2.37 bits per heavy atom. The summed E-state index contributed by atoms with van der Waals surface area (Å²) in [7, 11) is -2.21. The van der Waals surface area contributed by atoms with Gasteiger partial charge in [-0.15, -0.1) is 0 Å². The van der Waals surface area contributed by atoms with E-state index in [2.05, 4.69) is 61.0 Å². The lowest BCUT2D eigenvalue weighted by atomic mass is 9.90. The summed E-state index contributed by atoms with van der Waals surface area (Å²) in [6, 6.07) is 5.77. The molecule has 12 heteroatoms. The number of benzene rings is 1. The third-order valence-electron chi connectivity index (χ3n) is 9.67. The topological polar surface area (TPSA) is 85.8 Å². The van der Waals surface area contributed by atoms with E-state index in [0.717, 1.165) is 28.9 Å². The number of rotatable bonds is 8. The van der Waals surface area contributed by atoms with Gasteiger partial charge in [0.05, 0.1) is 30.0 Å². The van der Waals surface area contributed by atoms with Crippen LogP contribution < -0.4 is 15.0 Å². The minimum Gasteiger partial charge on any atom is -0.477 e. The second-order valence-electron chi connectivity index (χ2n) is 15.7. The van der Waals surface area contributed by atoms with Crippen LogP contribution >= 0.6 is 0 Å². The number of nitrogens with zero attached hydrogens (tertiary/aromatic N) is 3. The summed E-state index contributed by atoms with van der Waals surface area (Å²) in [5.74, 6) is -1.93. The van der Waals surface area contributed by atoms with Gasteiger partial charge in [-0.2, -0.15) is 0 Å². The molecule has 0 radical (unpaired) electrons. The van der Waals surface area contributed by atoms with E-state index in [-0.39, 0.29) is 28.8 Å². The molecule has 1 aromatic carbocycles. The lowest BCUT2D eigenvalue weighted by Gasteiger charge is -2.49. The Labute approximate surface area is 288 Å². The van der Waals surface area contributed by atoms with Crippen molar-refractivity contribution in [1.82, 2.24) is 15.3 Å². The molecule has 1 amide bonds. The third-order valence-corrected chi connectivity index (χ3v) is 14.1. The monoisotopic (exact) mass is 698 g/mol. The molecular formula is C37H49F3N4O4Si. The van der Waals surface area contributed by atoms with Gasteiger partial charge in [0.15, 0.2) is 8.32 Å². The molecule has 3 atom stereocenters. The Morgan fingerprint density at radius 1 is 1.02 bits per heavy atom. The van der Waals surface area contributed by atoms with Crippen LogP contribution in [0.1, 0.15) is 65.3 Å². The van der Waals surface area contributed by atoms with Crippen LogP contribution in [0, 0.1) is 23.4 Å². The van der Waals surface area contributed by atoms with Gasteiger partial charge in [0.25, 0.3) is 0 Å². The van der Waals surface area contributed by atoms with E-state index in [1.165, 1.54) is 18.2 Å². The van der Waals surface area contributed by atoms with Crippen LogP contribution in [0.15, 0.2) is 36.5 Å². The Balaban J connectivity index is 1.46. The summed E-state index contributed by atoms with van der Waals surface area (Å²) in [6.07, 6.45) is 2.59. The van der Waals surface area contributed by atoms with E-state index in [1.54, 1.807) is 6.20 Å². The van der Waals surface area contributed by atoms with Crippen LogP contribution in [-0.2, 0) is 28.4 Å². The molecule has 266 valence electrons. The maximum Gasteiger partial charge on any atom is 0.408 e. The molecular weight excluding hydrogens is 650 g/mol. The molecule has 49 heavy (non-hydrogen) atoms. The lowest BCUT2D eigenvalue weighted by Crippen LogP contribution is -2.63. The van der Waals surface area contributed by atoms with Crippen molar-refractivity contribution in [2.45, 2.75) is 104 Å². The summed E-state index contributed by atoms with van der Waals surface area (Å²) in [6.45, 7) is 20.4. The summed E-state index contributed by atoms with van der Waals surface area (Å²) in [5, 5.41) is 3.13. The quantitative estimate of drug-likeness (QED) is 0.239. The number of piperidine rings is 1. The molecule has 2 aromatic heterocycles. The summed E-state index contributed by atoms with van der Waals surface area (Å²) >= 11 is 0. The number of anilines is 1. The minimum absolute atomic E-state index is 0.0247. The molecule has 4 heterocycles. The highest BCUT2D eigenvalue weighted by molar-refractivity contribution is 6.74. The molecule has 3 aromatic rings. The summed E-state index contributed by atoms with van der Waals surface area (Å²) < 4.78 is 62.5. The van der Waals surface area contributed by atoms with Crippen molar-refractivity contribution in [3.05, 3.63) is 70.8 Å². The van der Waals surface area contributed by atoms with E-state index in [4.69, 9.17) is 13.9 Å². The van der Waals surface area contributed by atoms with Crippen molar-refractivity contribution in [3.63, 3.8) is 0 Å². The summed E-state index contributed by atoms with van der Waals surface area (Å²) in [5.41, 5.74) is 1.88. The molecule has 1 saturated heterocycles. The molecule has 2 aliphatic rings. The fraction of sp³-hybridized carbons (Fsp3) is 0.541. The Hall–Kier alpha value is -3.64. The molecule has 5 rings (SSSR count). The Bertz CT molecular complexity index is 1670. The molecule has 8 nitrogen and oxygen atoms in total. The standard InChI is InChI=1S/C37H49F3N4O4Si/c1-22-20-44(21-29(43-35(45)47-36(2,3)4)33(22)48-49(8,9)37(5,6)7)32-23(19-41-34-25(32)17-18-46-34)13-14-24-15-16-28(40)31(42-24)30-26(38)11-10-12-27(30)39/h10-12,15-16,19,22,29,33H,13-14,17-18,20-21H2,1-9H3,(H,43,45)/t22-,29+,33+/m0/s1. The van der Waals surface area contributed by atoms with Crippen molar-refractivity contribution < 1.29 is 31.9 Å². The second kappa shape index (κ2) is 13.9. The average molecular weight is 699 g/mol. The fourth-order valence-electron chi connectivity index (χ4n) is 6.28. The number of pyridine rings is 2. The molecule has 0 aliphatic carbocycles. The molecule has 0 unspecified atom stereocenters. The van der Waals surface area contributed by atoms with Crippen LogP contribution in [0.3, 0.4) is 0 Å². The van der Waals surface area contributed by atoms with E-state index >= 15 is 0 Å². The number of carbonyl (C=O) groups is 1. The first kappa shape index (κ1) is 36.6. The number of alkyl carbamates (subject to hydrolysis) is 1. The van der Waals surface area contributed by atoms with Gasteiger partial charge >= 0.3 is 6.09 Å². The number of hydrogen-bond acceptors (Lipinski definition) is 7. The van der Waals surface area contributed by atoms with Gasteiger partial charge in [-0.3, -0.25) is 0 Å². The Morgan fingerprint density at radius 2 is 1.71 bits per heavy atom. The maximum absolute atomic E-state index is 14.8. The predicted molar refractivity (Wildman–Crippen MR) is 187 cm³/mol. The molecule has 0 saturated carbocycles. The molecule has 0 spiro atoms. The third kappa shape index (κ3) is 8.23. The zero-order chi connectivity index (χ0) is 35.9. The van der Waals surface area contributed by atoms with Crippen molar-refractivity contribution >= 4 is 20.1 Å². The lowest BCUT2D eigenvalue weighted by molar-refractivity contribution is 0.0336. The first-order valence-corrected chi connectivity index (χ1v) is 19.9. The van der Waals surface area contributed by atoms with Crippen LogP contribution in [-0.4, -0.2) is 61.8 Å². The number of amides is 1. The van der Waals surface area contributed by atoms with Gasteiger partial charge in [0, 0.05) is 42.9 Å². The van der Waals surface area contributed by atoms with Crippen molar-refractivity contribution in [1.29, 1.82) is 0 Å². The molecule has 1 N–H and O–H groups in total. The maximum atomic E-state index is 14.8. The van der Waals surface area contributed by atoms with E-state index in [0.29, 0.717) is 50.5 Å². The minimum atomic E-state index is -2.21. The smallest absolute Gasteiger partial charge is 0.408 e. The number of carbonyl (C=O) groups excluding carboxylic acids is 1. The Kier molecular flexibility index (Phi) is 10.4. The van der Waals surface area contributed by atoms with Gasteiger partial charge in [0.2, 0.25) is 5.88 Å². The largest absolute Gasteiger partial charge is 0.477 e. The SMILES string of the molecule is C[C@H]1CN(c2c(CCc3ccc(F)c(-c4c(F)cccc4F)n3)cnc3c2CCO3)C[C@@H](NC(=O)OC(C)(C)C)[C@@H]1O[Si](C)(C)C(C)(C)C. The number of halogens is 3. The number of ether oxygens (including phenoxy) is 2. The van der Waals surface area contributed by atoms with E-state index in [1.807, 2.05) is 20.8 Å². The number of aromatic nitrogens is 2. The van der Waals surface area contributed by atoms with E-state index in [9.17, 15) is 18.0 Å². The molecule has 0 bridgehead atoms. The number of nitrogens with one attached hydrogen (secondary N) is 1. The van der Waals surface area contributed by atoms with Gasteiger partial charge in [-0.25, -0.2) is 27.9 Å². The normalized spacial score (nSPS) is 19.8. The van der Waals surface area contributed by atoms with Crippen LogP contribution in [0.4, 0.5) is 23.7 Å². The van der Waals surface area contributed by atoms with Crippen LogP contribution in [0.5, 0.6) is 5.88 Å². The predicted octanol–water partition coefficient (Wildman–Crippen LogP) is 8.02. The van der Waals surface area contributed by atoms with Gasteiger partial charge < -0.3 is 24.1 Å². The molecule has 2 aliphatic heterocycles. The number of hydrogen-bond donors (Lipinski definition) is 1. The fourth-order valence-corrected chi connectivity index (χ4v) is 7.71.